The Morgan fingerprint density at radius 3 is 2.20 bits per heavy atom. The molecule has 0 aliphatic carbocycles. The first kappa shape index (κ1) is 34.1. The molecule has 2 fully saturated rings. The van der Waals surface area contributed by atoms with Gasteiger partial charge in [0.05, 0.1) is 23.6 Å². The van der Waals surface area contributed by atoms with E-state index in [1.165, 1.54) is 4.90 Å². The minimum Gasteiger partial charge on any atom is -0.444 e. The summed E-state index contributed by atoms with van der Waals surface area (Å²) in [6, 6.07) is 6.22. The standard InChI is InChI=1S/C35H40F3N8O3/c1-32(2,3)34(14-8-15-45(34)20-47)30-43-26(27(44-30)35(36,37)38)21-10-12-22(13-11-21)28-39-17-23(18-40-28)24-19-41-29(42-24)25-9-7-16-46(25)31(48)49-33(4,5)6/h10-13,17-19,25H,7-9,14-16H2,1-6H3,(H,41,42)(H,43,44)/t25-,34+/m0/s1. The molecular weight excluding hydrogens is 637 g/mol. The third kappa shape index (κ3) is 6.40. The monoisotopic (exact) mass is 677 g/mol. The van der Waals surface area contributed by atoms with Gasteiger partial charge < -0.3 is 19.6 Å². The molecule has 0 bridgehead atoms. The van der Waals surface area contributed by atoms with Gasteiger partial charge in [-0.25, -0.2) is 24.7 Å². The number of H-pyrrole nitrogens is 2. The summed E-state index contributed by atoms with van der Waals surface area (Å²) in [5, 5.41) is 0. The van der Waals surface area contributed by atoms with E-state index in [1.54, 1.807) is 47.8 Å². The number of imidazole rings is 2. The fourth-order valence-electron chi connectivity index (χ4n) is 6.95. The van der Waals surface area contributed by atoms with Crippen LogP contribution in [0.4, 0.5) is 18.0 Å². The van der Waals surface area contributed by atoms with E-state index in [0.29, 0.717) is 54.4 Å². The Kier molecular flexibility index (Phi) is 8.56. The lowest BCUT2D eigenvalue weighted by Gasteiger charge is -2.44. The number of rotatable bonds is 6. The van der Waals surface area contributed by atoms with E-state index >= 15 is 0 Å². The predicted molar refractivity (Wildman–Crippen MR) is 175 cm³/mol. The van der Waals surface area contributed by atoms with Crippen molar-refractivity contribution in [3.8, 4) is 33.9 Å². The van der Waals surface area contributed by atoms with Crippen molar-refractivity contribution < 1.29 is 27.5 Å². The molecular formula is C35H40F3N8O3. The van der Waals surface area contributed by atoms with Gasteiger partial charge in [-0.3, -0.25) is 9.69 Å². The topological polar surface area (TPSA) is 133 Å². The molecule has 49 heavy (non-hydrogen) atoms. The molecule has 5 heterocycles. The molecule has 0 saturated carbocycles. The van der Waals surface area contributed by atoms with Gasteiger partial charge in [0.2, 0.25) is 0 Å². The summed E-state index contributed by atoms with van der Waals surface area (Å²) < 4.78 is 48.6. The lowest BCUT2D eigenvalue weighted by Crippen LogP contribution is -2.51. The van der Waals surface area contributed by atoms with Crippen LogP contribution in [0, 0.1) is 5.41 Å². The molecule has 2 atom stereocenters. The van der Waals surface area contributed by atoms with Crippen LogP contribution in [0.2, 0.25) is 0 Å². The Morgan fingerprint density at radius 1 is 0.918 bits per heavy atom. The molecule has 14 heteroatoms. The smallest absolute Gasteiger partial charge is 0.435 e. The molecule has 2 saturated heterocycles. The molecule has 6 rings (SSSR count). The van der Waals surface area contributed by atoms with Crippen molar-refractivity contribution in [3.63, 3.8) is 0 Å². The second kappa shape index (κ2) is 12.3. The second-order valence-electron chi connectivity index (χ2n) is 14.7. The summed E-state index contributed by atoms with van der Waals surface area (Å²) in [5.41, 5.74) is -1.23. The molecule has 259 valence electrons. The highest BCUT2D eigenvalue weighted by molar-refractivity contribution is 5.70. The van der Waals surface area contributed by atoms with Gasteiger partial charge in [-0.2, -0.15) is 13.2 Å². The maximum Gasteiger partial charge on any atom is 0.435 e. The van der Waals surface area contributed by atoms with E-state index in [0.717, 1.165) is 12.8 Å². The zero-order valence-corrected chi connectivity index (χ0v) is 28.4. The zero-order valence-electron chi connectivity index (χ0n) is 28.4. The molecule has 3 aromatic heterocycles. The Bertz CT molecular complexity index is 1820. The van der Waals surface area contributed by atoms with Crippen LogP contribution in [0.15, 0.2) is 42.9 Å². The van der Waals surface area contributed by atoms with Crippen molar-refractivity contribution in [2.24, 2.45) is 5.41 Å². The largest absolute Gasteiger partial charge is 0.444 e. The van der Waals surface area contributed by atoms with Gasteiger partial charge in [0.25, 0.3) is 0 Å². The van der Waals surface area contributed by atoms with Crippen molar-refractivity contribution in [1.82, 2.24) is 39.7 Å². The Morgan fingerprint density at radius 2 is 1.59 bits per heavy atom. The molecule has 2 amide bonds. The average molecular weight is 678 g/mol. The normalized spacial score (nSPS) is 20.2. The van der Waals surface area contributed by atoms with E-state index < -0.39 is 28.4 Å². The van der Waals surface area contributed by atoms with Gasteiger partial charge in [-0.1, -0.05) is 45.0 Å². The highest BCUT2D eigenvalue weighted by atomic mass is 19.4. The molecule has 0 unspecified atom stereocenters. The summed E-state index contributed by atoms with van der Waals surface area (Å²) in [6.45, 7) is 12.1. The average Bonchev–Trinajstić information content (AvgIpc) is 3.84. The number of nitrogens with zero attached hydrogens (tertiary/aromatic N) is 6. The maximum atomic E-state index is 14.3. The number of benzene rings is 1. The number of aromatic nitrogens is 6. The van der Waals surface area contributed by atoms with E-state index in [-0.39, 0.29) is 29.2 Å². The molecule has 2 aliphatic rings. The van der Waals surface area contributed by atoms with Crippen LogP contribution in [0.5, 0.6) is 0 Å². The Balaban J connectivity index is 1.23. The molecule has 4 aromatic rings. The van der Waals surface area contributed by atoms with Crippen LogP contribution in [0.3, 0.4) is 0 Å². The van der Waals surface area contributed by atoms with Gasteiger partial charge in [0.15, 0.2) is 11.5 Å². The number of alkyl halides is 3. The van der Waals surface area contributed by atoms with Gasteiger partial charge in [-0.05, 0) is 51.9 Å². The van der Waals surface area contributed by atoms with Gasteiger partial charge in [0, 0.05) is 42.2 Å². The van der Waals surface area contributed by atoms with Crippen molar-refractivity contribution in [2.45, 2.75) is 90.6 Å². The first-order valence-corrected chi connectivity index (χ1v) is 16.3. The summed E-state index contributed by atoms with van der Waals surface area (Å²) in [4.78, 5) is 51.7. The number of carbonyl (C=O) groups is 1. The number of likely N-dealkylation sites (tertiary alicyclic amines) is 2. The quantitative estimate of drug-likeness (QED) is 0.217. The Labute approximate surface area is 282 Å². The maximum absolute atomic E-state index is 14.3. The lowest BCUT2D eigenvalue weighted by molar-refractivity contribution is -0.140. The predicted octanol–water partition coefficient (Wildman–Crippen LogP) is 7.42. The minimum atomic E-state index is -4.73. The van der Waals surface area contributed by atoms with Gasteiger partial charge >= 0.3 is 18.7 Å². The highest BCUT2D eigenvalue weighted by Gasteiger charge is 2.54. The number of carbonyl (C=O) groups excluding carboxylic acids is 2. The number of amides is 2. The van der Waals surface area contributed by atoms with E-state index in [9.17, 15) is 22.8 Å². The third-order valence-corrected chi connectivity index (χ3v) is 9.28. The van der Waals surface area contributed by atoms with Crippen LogP contribution in [0.25, 0.3) is 33.9 Å². The summed E-state index contributed by atoms with van der Waals surface area (Å²) >= 11 is 0. The number of hydrogen-bond donors (Lipinski definition) is 2. The van der Waals surface area contributed by atoms with Crippen molar-refractivity contribution in [3.05, 3.63) is 60.2 Å². The molecule has 11 nitrogen and oxygen atoms in total. The number of halogens is 3. The molecule has 2 aliphatic heterocycles. The molecule has 2 N–H and O–H groups in total. The SMILES string of the molecule is CC(C)(C)OC(=O)N1CCC[C@H]1c1ncc(-c2cnc(-c3ccc(-c4[nH]c([C@@]5(C(C)(C)C)CCCN5[C]=O)nc4C(F)(F)F)cc3)nc2)[nH]1. The van der Waals surface area contributed by atoms with Gasteiger partial charge in [0.1, 0.15) is 22.8 Å². The summed E-state index contributed by atoms with van der Waals surface area (Å²) in [7, 11) is 0. The number of ether oxygens (including phenoxy) is 1. The lowest BCUT2D eigenvalue weighted by atomic mass is 9.71. The number of aromatic amines is 2. The van der Waals surface area contributed by atoms with Crippen LogP contribution in [-0.2, 0) is 21.2 Å². The van der Waals surface area contributed by atoms with Crippen LogP contribution in [-0.4, -0.2) is 70.9 Å². The number of hydrogen-bond acceptors (Lipinski definition) is 7. The van der Waals surface area contributed by atoms with Crippen LogP contribution in [0.1, 0.15) is 90.6 Å². The highest BCUT2D eigenvalue weighted by Crippen LogP contribution is 2.51. The summed E-state index contributed by atoms with van der Waals surface area (Å²) in [5.74, 6) is 1.13. The Hall–Kier alpha value is -4.75. The van der Waals surface area contributed by atoms with Crippen molar-refractivity contribution in [2.75, 3.05) is 13.1 Å². The third-order valence-electron chi connectivity index (χ3n) is 9.28. The van der Waals surface area contributed by atoms with Crippen LogP contribution >= 0.6 is 0 Å². The van der Waals surface area contributed by atoms with E-state index in [1.807, 2.05) is 48.0 Å². The summed E-state index contributed by atoms with van der Waals surface area (Å²) in [6.07, 6.45) is 4.48. The van der Waals surface area contributed by atoms with Crippen molar-refractivity contribution >= 4 is 12.5 Å². The van der Waals surface area contributed by atoms with E-state index in [4.69, 9.17) is 4.74 Å². The fourth-order valence-corrected chi connectivity index (χ4v) is 6.95. The minimum absolute atomic E-state index is 0.0959. The first-order valence-electron chi connectivity index (χ1n) is 16.3. The molecule has 0 spiro atoms. The van der Waals surface area contributed by atoms with Crippen LogP contribution < -0.4 is 0 Å². The first-order chi connectivity index (χ1) is 23.0. The van der Waals surface area contributed by atoms with Crippen molar-refractivity contribution in [1.29, 1.82) is 0 Å². The second-order valence-corrected chi connectivity index (χ2v) is 14.7. The zero-order chi connectivity index (χ0) is 35.4. The number of nitrogens with one attached hydrogen (secondary N) is 2. The molecule has 1 aromatic carbocycles. The van der Waals surface area contributed by atoms with Gasteiger partial charge in [-0.15, -0.1) is 0 Å². The van der Waals surface area contributed by atoms with E-state index in [2.05, 4.69) is 29.9 Å². The fraction of sp³-hybridized carbons (Fsp3) is 0.486. The molecule has 1 radical (unpaired) electrons.